The molecule has 4 rings (SSSR count). The standard InChI is InChI=1S/C9H13N4O/c1-3-13-4-2-7(1)8(5-11-13)9-6-10-12-14-9/h7-8,11H,1-5H2. The number of fused-ring (bicyclic) bond motifs is 4. The van der Waals surface area contributed by atoms with E-state index in [4.69, 9.17) is 4.52 Å². The molecule has 5 nitrogen and oxygen atoms in total. The number of hydrogen-bond donors (Lipinski definition) is 1. The third kappa shape index (κ3) is 1.33. The molecule has 4 heterocycles. The predicted octanol–water partition coefficient (Wildman–Crippen LogP) is 0.184. The third-order valence-electron chi connectivity index (χ3n) is 3.32. The summed E-state index contributed by atoms with van der Waals surface area (Å²) in [7, 11) is 0. The van der Waals surface area contributed by atoms with Crippen LogP contribution in [0.25, 0.3) is 0 Å². The van der Waals surface area contributed by atoms with Crippen LogP contribution in [0.4, 0.5) is 0 Å². The summed E-state index contributed by atoms with van der Waals surface area (Å²) >= 11 is 0. The molecule has 75 valence electrons. The number of aromatic nitrogens is 2. The lowest BCUT2D eigenvalue weighted by atomic mass is 9.84. The van der Waals surface area contributed by atoms with Crippen molar-refractivity contribution >= 4 is 0 Å². The summed E-state index contributed by atoms with van der Waals surface area (Å²) in [6, 6.07) is 0. The Hall–Kier alpha value is -0.940. The Morgan fingerprint density at radius 3 is 3.00 bits per heavy atom. The van der Waals surface area contributed by atoms with E-state index < -0.39 is 0 Å². The van der Waals surface area contributed by atoms with Crippen molar-refractivity contribution in [3.8, 4) is 0 Å². The monoisotopic (exact) mass is 193 g/mol. The van der Waals surface area contributed by atoms with E-state index >= 15 is 0 Å². The van der Waals surface area contributed by atoms with Crippen molar-refractivity contribution in [1.82, 2.24) is 20.8 Å². The number of hydrogen-bond acceptors (Lipinski definition) is 5. The lowest BCUT2D eigenvalue weighted by Gasteiger charge is -2.27. The van der Waals surface area contributed by atoms with Gasteiger partial charge < -0.3 is 4.52 Å². The SMILES string of the molecule is [c]1nnoc1C1CNN2CCC1CC2. The highest BCUT2D eigenvalue weighted by atomic mass is 16.5. The van der Waals surface area contributed by atoms with Gasteiger partial charge in [-0.1, -0.05) is 0 Å². The minimum atomic E-state index is 0.400. The van der Waals surface area contributed by atoms with E-state index in [1.165, 1.54) is 12.8 Å². The quantitative estimate of drug-likeness (QED) is 0.689. The van der Waals surface area contributed by atoms with Gasteiger partial charge in [0.2, 0.25) is 0 Å². The molecule has 1 N–H and O–H groups in total. The van der Waals surface area contributed by atoms with E-state index in [9.17, 15) is 0 Å². The molecule has 0 saturated carbocycles. The van der Waals surface area contributed by atoms with E-state index in [-0.39, 0.29) is 0 Å². The van der Waals surface area contributed by atoms with Crippen LogP contribution in [0, 0.1) is 12.1 Å². The summed E-state index contributed by atoms with van der Waals surface area (Å²) in [5, 5.41) is 9.41. The minimum absolute atomic E-state index is 0.400. The zero-order valence-electron chi connectivity index (χ0n) is 7.94. The molecule has 1 radical (unpaired) electrons. The van der Waals surface area contributed by atoms with Crippen molar-refractivity contribution in [2.24, 2.45) is 5.92 Å². The van der Waals surface area contributed by atoms with Gasteiger partial charge in [-0.2, -0.15) is 0 Å². The lowest BCUT2D eigenvalue weighted by molar-refractivity contribution is 0.164. The van der Waals surface area contributed by atoms with E-state index in [0.29, 0.717) is 11.8 Å². The first-order valence-corrected chi connectivity index (χ1v) is 5.12. The molecule has 3 fully saturated rings. The molecule has 1 unspecified atom stereocenters. The molecule has 14 heavy (non-hydrogen) atoms. The van der Waals surface area contributed by atoms with E-state index in [1.807, 2.05) is 0 Å². The molecule has 1 aromatic rings. The molecule has 3 aliphatic heterocycles. The molecule has 3 saturated heterocycles. The average Bonchev–Trinajstić information content (AvgIpc) is 2.60. The number of hydrazine groups is 1. The Balaban J connectivity index is 1.85. The Morgan fingerprint density at radius 2 is 2.29 bits per heavy atom. The van der Waals surface area contributed by atoms with Gasteiger partial charge in [-0.05, 0) is 18.8 Å². The second-order valence-electron chi connectivity index (χ2n) is 4.04. The summed E-state index contributed by atoms with van der Waals surface area (Å²) in [4.78, 5) is 0. The van der Waals surface area contributed by atoms with Gasteiger partial charge in [0, 0.05) is 30.8 Å². The molecule has 5 heteroatoms. The molecule has 0 aliphatic carbocycles. The predicted molar refractivity (Wildman–Crippen MR) is 48.2 cm³/mol. The Morgan fingerprint density at radius 1 is 1.43 bits per heavy atom. The zero-order chi connectivity index (χ0) is 9.38. The van der Waals surface area contributed by atoms with Crippen LogP contribution in [0.2, 0.25) is 0 Å². The fourth-order valence-electron chi connectivity index (χ4n) is 2.47. The molecule has 0 amide bonds. The molecule has 0 aromatic carbocycles. The molecule has 2 bridgehead atoms. The molecular formula is C9H13N4O. The highest BCUT2D eigenvalue weighted by Crippen LogP contribution is 2.33. The lowest BCUT2D eigenvalue weighted by Crippen LogP contribution is -2.39. The van der Waals surface area contributed by atoms with Crippen LogP contribution in [0.1, 0.15) is 24.5 Å². The van der Waals surface area contributed by atoms with E-state index in [0.717, 1.165) is 25.4 Å². The second-order valence-corrected chi connectivity index (χ2v) is 4.04. The van der Waals surface area contributed by atoms with Crippen LogP contribution < -0.4 is 5.43 Å². The van der Waals surface area contributed by atoms with Crippen LogP contribution in [0.15, 0.2) is 4.52 Å². The highest BCUT2D eigenvalue weighted by molar-refractivity contribution is 5.02. The van der Waals surface area contributed by atoms with Gasteiger partial charge in [0.15, 0.2) is 12.0 Å². The molecule has 3 aliphatic rings. The van der Waals surface area contributed by atoms with Crippen LogP contribution in [0.5, 0.6) is 0 Å². The highest BCUT2D eigenvalue weighted by Gasteiger charge is 2.33. The van der Waals surface area contributed by atoms with Crippen molar-refractivity contribution in [3.63, 3.8) is 0 Å². The first-order chi connectivity index (χ1) is 6.93. The van der Waals surface area contributed by atoms with Crippen LogP contribution in [0.3, 0.4) is 0 Å². The van der Waals surface area contributed by atoms with Crippen molar-refractivity contribution in [2.75, 3.05) is 19.6 Å². The first kappa shape index (κ1) is 8.38. The first-order valence-electron chi connectivity index (χ1n) is 5.12. The second kappa shape index (κ2) is 3.33. The fraction of sp³-hybridized carbons (Fsp3) is 0.778. The summed E-state index contributed by atoms with van der Waals surface area (Å²) in [5.74, 6) is 1.91. The van der Waals surface area contributed by atoms with Gasteiger partial charge in [-0.25, -0.2) is 5.01 Å². The van der Waals surface area contributed by atoms with Crippen molar-refractivity contribution in [1.29, 1.82) is 0 Å². The van der Waals surface area contributed by atoms with E-state index in [1.54, 1.807) is 0 Å². The maximum Gasteiger partial charge on any atom is 0.171 e. The van der Waals surface area contributed by atoms with Crippen molar-refractivity contribution in [3.05, 3.63) is 12.0 Å². The topological polar surface area (TPSA) is 54.2 Å². The van der Waals surface area contributed by atoms with Crippen LogP contribution in [-0.4, -0.2) is 35.0 Å². The Labute approximate surface area is 82.4 Å². The molecular weight excluding hydrogens is 180 g/mol. The van der Waals surface area contributed by atoms with Crippen molar-refractivity contribution < 1.29 is 4.52 Å². The summed E-state index contributed by atoms with van der Waals surface area (Å²) < 4.78 is 5.10. The van der Waals surface area contributed by atoms with Crippen LogP contribution in [-0.2, 0) is 0 Å². The van der Waals surface area contributed by atoms with Crippen molar-refractivity contribution in [2.45, 2.75) is 18.8 Å². The van der Waals surface area contributed by atoms with Gasteiger partial charge in [-0.3, -0.25) is 5.43 Å². The Bertz CT molecular complexity index is 292. The van der Waals surface area contributed by atoms with Crippen LogP contribution >= 0.6 is 0 Å². The fourth-order valence-corrected chi connectivity index (χ4v) is 2.47. The molecule has 1 atom stereocenters. The summed E-state index contributed by atoms with van der Waals surface area (Å²) in [6.45, 7) is 3.21. The summed E-state index contributed by atoms with van der Waals surface area (Å²) in [5.41, 5.74) is 3.41. The largest absolute Gasteiger partial charge is 0.341 e. The number of nitrogens with one attached hydrogen (secondary N) is 1. The average molecular weight is 193 g/mol. The minimum Gasteiger partial charge on any atom is -0.341 e. The van der Waals surface area contributed by atoms with Gasteiger partial charge in [0.1, 0.15) is 0 Å². The van der Waals surface area contributed by atoms with Gasteiger partial charge in [-0.15, -0.1) is 5.10 Å². The number of rotatable bonds is 1. The Kier molecular flexibility index (Phi) is 1.99. The third-order valence-corrected chi connectivity index (χ3v) is 3.32. The number of nitrogens with zero attached hydrogens (tertiary/aromatic N) is 3. The summed E-state index contributed by atoms with van der Waals surface area (Å²) in [6.07, 6.45) is 5.29. The van der Waals surface area contributed by atoms with Gasteiger partial charge in [0.05, 0.1) is 0 Å². The maximum atomic E-state index is 5.10. The number of piperidine rings is 1. The smallest absolute Gasteiger partial charge is 0.171 e. The normalized spacial score (nSPS) is 37.0. The van der Waals surface area contributed by atoms with Gasteiger partial charge in [0.25, 0.3) is 0 Å². The molecule has 0 spiro atoms. The molecule has 1 aromatic heterocycles. The van der Waals surface area contributed by atoms with E-state index in [2.05, 4.69) is 27.0 Å². The zero-order valence-corrected chi connectivity index (χ0v) is 7.94. The van der Waals surface area contributed by atoms with Gasteiger partial charge >= 0.3 is 0 Å². The maximum absolute atomic E-state index is 5.10.